The van der Waals surface area contributed by atoms with E-state index >= 15 is 0 Å². The summed E-state index contributed by atoms with van der Waals surface area (Å²) in [5, 5.41) is 0.700. The highest BCUT2D eigenvalue weighted by molar-refractivity contribution is 7.99. The van der Waals surface area contributed by atoms with Gasteiger partial charge in [0, 0.05) is 5.75 Å². The molecule has 0 aromatic heterocycles. The monoisotopic (exact) mass is 271 g/mol. The van der Waals surface area contributed by atoms with Gasteiger partial charge in [0.15, 0.2) is 0 Å². The van der Waals surface area contributed by atoms with Gasteiger partial charge in [-0.25, -0.2) is 0 Å². The molecule has 17 heavy (non-hydrogen) atoms. The van der Waals surface area contributed by atoms with Gasteiger partial charge in [-0.2, -0.15) is 11.8 Å². The van der Waals surface area contributed by atoms with E-state index in [0.29, 0.717) is 17.7 Å². The van der Waals surface area contributed by atoms with E-state index in [1.165, 1.54) is 17.7 Å². The number of thioether (sulfide) groups is 1. The number of halogens is 1. The molecule has 0 amide bonds. The van der Waals surface area contributed by atoms with Gasteiger partial charge in [0.25, 0.3) is 0 Å². The molecule has 1 aliphatic heterocycles. The van der Waals surface area contributed by atoms with Crippen molar-refractivity contribution >= 4 is 23.4 Å². The van der Waals surface area contributed by atoms with Gasteiger partial charge in [-0.1, -0.05) is 17.7 Å². The van der Waals surface area contributed by atoms with Crippen molar-refractivity contribution in [2.45, 2.75) is 25.4 Å². The first-order valence-corrected chi connectivity index (χ1v) is 7.56. The number of ether oxygens (including phenoxy) is 1. The molecule has 0 spiro atoms. The van der Waals surface area contributed by atoms with Crippen LogP contribution in [0.3, 0.4) is 0 Å². The highest BCUT2D eigenvalue weighted by Crippen LogP contribution is 2.29. The minimum absolute atomic E-state index is 0.312. The van der Waals surface area contributed by atoms with Crippen LogP contribution in [0.5, 0.6) is 5.75 Å². The van der Waals surface area contributed by atoms with E-state index < -0.39 is 0 Å². The molecule has 0 bridgehead atoms. The second-order valence-corrected chi connectivity index (χ2v) is 5.82. The quantitative estimate of drug-likeness (QED) is 0.914. The maximum absolute atomic E-state index is 6.21. The molecule has 0 aliphatic carbocycles. The van der Waals surface area contributed by atoms with Crippen molar-refractivity contribution in [2.24, 2.45) is 5.73 Å². The number of benzene rings is 1. The molecule has 1 atom stereocenters. The molecule has 1 saturated heterocycles. The Morgan fingerprint density at radius 3 is 3.00 bits per heavy atom. The summed E-state index contributed by atoms with van der Waals surface area (Å²) in [4.78, 5) is 0. The van der Waals surface area contributed by atoms with E-state index in [0.717, 1.165) is 24.3 Å². The molecule has 94 valence electrons. The van der Waals surface area contributed by atoms with Crippen LogP contribution in [0, 0.1) is 0 Å². The molecule has 0 radical (unpaired) electrons. The maximum atomic E-state index is 6.21. The zero-order valence-corrected chi connectivity index (χ0v) is 11.4. The van der Waals surface area contributed by atoms with Crippen LogP contribution >= 0.6 is 23.4 Å². The second-order valence-electron chi connectivity index (χ2n) is 4.26. The Labute approximate surface area is 112 Å². The van der Waals surface area contributed by atoms with Crippen LogP contribution in [0.25, 0.3) is 0 Å². The van der Waals surface area contributed by atoms with Crippen LogP contribution < -0.4 is 10.5 Å². The minimum Gasteiger partial charge on any atom is -0.488 e. The Bertz CT molecular complexity index is 366. The van der Waals surface area contributed by atoms with Crippen LogP contribution in [0.15, 0.2) is 18.2 Å². The molecule has 1 fully saturated rings. The molecular formula is C13H18ClNOS. The van der Waals surface area contributed by atoms with E-state index in [-0.39, 0.29) is 0 Å². The number of hydrogen-bond donors (Lipinski definition) is 1. The third-order valence-electron chi connectivity index (χ3n) is 2.84. The molecule has 1 unspecified atom stereocenters. The highest BCUT2D eigenvalue weighted by Gasteiger charge is 2.16. The summed E-state index contributed by atoms with van der Waals surface area (Å²) in [6, 6.07) is 5.97. The minimum atomic E-state index is 0.312. The van der Waals surface area contributed by atoms with E-state index in [2.05, 4.69) is 0 Å². The van der Waals surface area contributed by atoms with Crippen molar-refractivity contribution in [1.82, 2.24) is 0 Å². The van der Waals surface area contributed by atoms with Gasteiger partial charge in [0.05, 0.1) is 5.02 Å². The van der Waals surface area contributed by atoms with E-state index in [9.17, 15) is 0 Å². The number of hydrogen-bond acceptors (Lipinski definition) is 3. The summed E-state index contributed by atoms with van der Waals surface area (Å²) in [5.41, 5.74) is 6.69. The Hall–Kier alpha value is -0.380. The van der Waals surface area contributed by atoms with Crippen molar-refractivity contribution in [2.75, 3.05) is 18.1 Å². The summed E-state index contributed by atoms with van der Waals surface area (Å²) in [6.45, 7) is 0.649. The van der Waals surface area contributed by atoms with Crippen LogP contribution in [0.2, 0.25) is 5.02 Å². The van der Waals surface area contributed by atoms with Crippen LogP contribution in [-0.2, 0) is 6.42 Å². The van der Waals surface area contributed by atoms with E-state index in [4.69, 9.17) is 22.1 Å². The summed E-state index contributed by atoms with van der Waals surface area (Å²) >= 11 is 8.17. The largest absolute Gasteiger partial charge is 0.488 e. The van der Waals surface area contributed by atoms with Gasteiger partial charge >= 0.3 is 0 Å². The van der Waals surface area contributed by atoms with Crippen molar-refractivity contribution in [3.63, 3.8) is 0 Å². The molecular weight excluding hydrogens is 254 g/mol. The summed E-state index contributed by atoms with van der Waals surface area (Å²) in [7, 11) is 0. The van der Waals surface area contributed by atoms with Gasteiger partial charge in [0.2, 0.25) is 0 Å². The molecule has 1 aromatic carbocycles. The second kappa shape index (κ2) is 6.53. The highest BCUT2D eigenvalue weighted by atomic mass is 35.5. The van der Waals surface area contributed by atoms with Crippen molar-refractivity contribution < 1.29 is 4.74 Å². The van der Waals surface area contributed by atoms with Crippen LogP contribution in [-0.4, -0.2) is 24.2 Å². The average Bonchev–Trinajstić information content (AvgIpc) is 2.34. The van der Waals surface area contributed by atoms with Crippen molar-refractivity contribution in [3.05, 3.63) is 28.8 Å². The first-order chi connectivity index (χ1) is 8.29. The lowest BCUT2D eigenvalue weighted by Crippen LogP contribution is -2.23. The zero-order chi connectivity index (χ0) is 12.1. The fourth-order valence-electron chi connectivity index (χ4n) is 1.95. The summed E-state index contributed by atoms with van der Waals surface area (Å²) in [5.74, 6) is 3.13. The van der Waals surface area contributed by atoms with Gasteiger partial charge in [0.1, 0.15) is 11.9 Å². The molecule has 2 rings (SSSR count). The van der Waals surface area contributed by atoms with Crippen LogP contribution in [0.4, 0.5) is 0 Å². The Kier molecular flexibility index (Phi) is 5.01. The van der Waals surface area contributed by atoms with Crippen molar-refractivity contribution in [1.29, 1.82) is 0 Å². The van der Waals surface area contributed by atoms with E-state index in [1.807, 2.05) is 30.0 Å². The lowest BCUT2D eigenvalue weighted by atomic mass is 10.1. The van der Waals surface area contributed by atoms with Crippen LogP contribution in [0.1, 0.15) is 18.4 Å². The predicted octanol–water partition coefficient (Wildman–Crippen LogP) is 3.12. The maximum Gasteiger partial charge on any atom is 0.138 e. The topological polar surface area (TPSA) is 35.2 Å². The van der Waals surface area contributed by atoms with Crippen molar-refractivity contribution in [3.8, 4) is 5.75 Å². The Balaban J connectivity index is 2.00. The molecule has 1 heterocycles. The fourth-order valence-corrected chi connectivity index (χ4v) is 3.23. The molecule has 1 aromatic rings. The number of rotatable bonds is 4. The molecule has 0 saturated carbocycles. The zero-order valence-electron chi connectivity index (χ0n) is 9.82. The van der Waals surface area contributed by atoms with E-state index in [1.54, 1.807) is 0 Å². The lowest BCUT2D eigenvalue weighted by molar-refractivity contribution is 0.211. The standard InChI is InChI=1S/C13H18ClNOS/c14-12-8-10(5-6-15)3-4-13(12)16-11-2-1-7-17-9-11/h3-4,8,11H,1-2,5-7,9,15H2. The summed E-state index contributed by atoms with van der Waals surface area (Å²) < 4.78 is 5.94. The third kappa shape index (κ3) is 3.80. The third-order valence-corrected chi connectivity index (χ3v) is 4.32. The molecule has 4 heteroatoms. The Morgan fingerprint density at radius 2 is 2.35 bits per heavy atom. The first-order valence-electron chi connectivity index (χ1n) is 6.02. The molecule has 2 nitrogen and oxygen atoms in total. The summed E-state index contributed by atoms with van der Waals surface area (Å²) in [6.07, 6.45) is 3.54. The van der Waals surface area contributed by atoms with Gasteiger partial charge in [-0.15, -0.1) is 0 Å². The van der Waals surface area contributed by atoms with Gasteiger partial charge in [-0.3, -0.25) is 0 Å². The molecule has 1 aliphatic rings. The first kappa shape index (κ1) is 13.1. The number of nitrogens with two attached hydrogens (primary N) is 1. The fraction of sp³-hybridized carbons (Fsp3) is 0.538. The normalized spacial score (nSPS) is 20.2. The smallest absolute Gasteiger partial charge is 0.138 e. The van der Waals surface area contributed by atoms with Gasteiger partial charge < -0.3 is 10.5 Å². The average molecular weight is 272 g/mol. The SMILES string of the molecule is NCCc1ccc(OC2CCCSC2)c(Cl)c1. The van der Waals surface area contributed by atoms with Gasteiger partial charge in [-0.05, 0) is 49.3 Å². The molecule has 2 N–H and O–H groups in total. The lowest BCUT2D eigenvalue weighted by Gasteiger charge is -2.23. The predicted molar refractivity (Wildman–Crippen MR) is 75.2 cm³/mol. The Morgan fingerprint density at radius 1 is 1.47 bits per heavy atom.